The summed E-state index contributed by atoms with van der Waals surface area (Å²) in [5, 5.41) is 0.749. The first-order chi connectivity index (χ1) is 12.7. The van der Waals surface area contributed by atoms with Crippen LogP contribution in [-0.2, 0) is 14.6 Å². The fourth-order valence-electron chi connectivity index (χ4n) is 3.03. The topological polar surface area (TPSA) is 93.3 Å². The summed E-state index contributed by atoms with van der Waals surface area (Å²) in [7, 11) is -3.60. The number of H-pyrrole nitrogens is 1. The van der Waals surface area contributed by atoms with E-state index in [0.29, 0.717) is 11.3 Å². The highest BCUT2D eigenvalue weighted by Crippen LogP contribution is 2.24. The smallest absolute Gasteiger partial charge is 0.340 e. The standard InChI is InChI=1S/C20H19NO5S/c1-12-18(14-8-4-6-10-16(14)21-12)19(22)13(2)26-20(23)15-9-5-7-11-17(15)27(3,24)25/h4-11,13,21H,1-3H3/t13-/m0/s1. The van der Waals surface area contributed by atoms with Crippen LogP contribution in [0.2, 0.25) is 0 Å². The van der Waals surface area contributed by atoms with Gasteiger partial charge in [-0.3, -0.25) is 4.79 Å². The lowest BCUT2D eigenvalue weighted by atomic mass is 10.0. The fourth-order valence-corrected chi connectivity index (χ4v) is 3.91. The third-order valence-corrected chi connectivity index (χ3v) is 5.45. The maximum Gasteiger partial charge on any atom is 0.340 e. The van der Waals surface area contributed by atoms with Crippen LogP contribution in [0.5, 0.6) is 0 Å². The lowest BCUT2D eigenvalue weighted by Gasteiger charge is -2.14. The van der Waals surface area contributed by atoms with Gasteiger partial charge in [-0.05, 0) is 32.0 Å². The van der Waals surface area contributed by atoms with Crippen LogP contribution >= 0.6 is 0 Å². The molecule has 1 heterocycles. The number of nitrogens with one attached hydrogen (secondary N) is 1. The zero-order chi connectivity index (χ0) is 19.8. The Balaban J connectivity index is 1.90. The van der Waals surface area contributed by atoms with Gasteiger partial charge in [0.2, 0.25) is 5.78 Å². The molecular weight excluding hydrogens is 366 g/mol. The molecule has 0 unspecified atom stereocenters. The van der Waals surface area contributed by atoms with Gasteiger partial charge in [0.15, 0.2) is 15.9 Å². The Hall–Kier alpha value is -2.93. The molecule has 0 aliphatic rings. The molecule has 140 valence electrons. The minimum Gasteiger partial charge on any atom is -0.451 e. The minimum absolute atomic E-state index is 0.0877. The number of aromatic nitrogens is 1. The molecule has 0 radical (unpaired) electrons. The molecule has 2 aromatic carbocycles. The minimum atomic E-state index is -3.60. The number of sulfone groups is 1. The summed E-state index contributed by atoms with van der Waals surface area (Å²) in [6.45, 7) is 3.26. The summed E-state index contributed by atoms with van der Waals surface area (Å²) in [5.74, 6) is -1.20. The maximum absolute atomic E-state index is 12.9. The van der Waals surface area contributed by atoms with Crippen molar-refractivity contribution in [1.29, 1.82) is 0 Å². The molecule has 7 heteroatoms. The number of para-hydroxylation sites is 1. The molecule has 0 spiro atoms. The number of hydrogen-bond acceptors (Lipinski definition) is 5. The van der Waals surface area contributed by atoms with Crippen LogP contribution in [0.15, 0.2) is 53.4 Å². The first-order valence-corrected chi connectivity index (χ1v) is 10.2. The first-order valence-electron chi connectivity index (χ1n) is 8.31. The second-order valence-corrected chi connectivity index (χ2v) is 8.33. The maximum atomic E-state index is 12.9. The van der Waals surface area contributed by atoms with Gasteiger partial charge in [0, 0.05) is 28.4 Å². The number of hydrogen-bond donors (Lipinski definition) is 1. The summed E-state index contributed by atoms with van der Waals surface area (Å²) >= 11 is 0. The Morgan fingerprint density at radius 1 is 1.04 bits per heavy atom. The summed E-state index contributed by atoms with van der Waals surface area (Å²) in [5.41, 5.74) is 1.87. The monoisotopic (exact) mass is 385 g/mol. The number of ketones is 1. The number of Topliss-reactive ketones (excluding diaryl/α,β-unsaturated/α-hetero) is 1. The van der Waals surface area contributed by atoms with Crippen LogP contribution in [0, 0.1) is 6.92 Å². The summed E-state index contributed by atoms with van der Waals surface area (Å²) < 4.78 is 29.0. The van der Waals surface area contributed by atoms with Gasteiger partial charge in [0.05, 0.1) is 10.5 Å². The highest BCUT2D eigenvalue weighted by Gasteiger charge is 2.27. The number of rotatable bonds is 5. The van der Waals surface area contributed by atoms with Gasteiger partial charge in [-0.1, -0.05) is 30.3 Å². The summed E-state index contributed by atoms with van der Waals surface area (Å²) in [6, 6.07) is 13.1. The van der Waals surface area contributed by atoms with Crippen molar-refractivity contribution in [3.63, 3.8) is 0 Å². The van der Waals surface area contributed by atoms with E-state index in [1.165, 1.54) is 25.1 Å². The van der Waals surface area contributed by atoms with Crippen molar-refractivity contribution in [2.45, 2.75) is 24.8 Å². The van der Waals surface area contributed by atoms with E-state index in [-0.39, 0.29) is 16.2 Å². The van der Waals surface area contributed by atoms with E-state index in [0.717, 1.165) is 17.2 Å². The van der Waals surface area contributed by atoms with Crippen LogP contribution in [-0.4, -0.2) is 37.5 Å². The molecule has 3 rings (SSSR count). The lowest BCUT2D eigenvalue weighted by molar-refractivity contribution is 0.0315. The zero-order valence-corrected chi connectivity index (χ0v) is 16.0. The van der Waals surface area contributed by atoms with Crippen molar-refractivity contribution >= 4 is 32.5 Å². The molecule has 1 N–H and O–H groups in total. The van der Waals surface area contributed by atoms with Crippen LogP contribution in [0.4, 0.5) is 0 Å². The number of aromatic amines is 1. The van der Waals surface area contributed by atoms with Crippen LogP contribution < -0.4 is 0 Å². The average Bonchev–Trinajstić information content (AvgIpc) is 2.95. The van der Waals surface area contributed by atoms with Gasteiger partial charge in [-0.15, -0.1) is 0 Å². The van der Waals surface area contributed by atoms with Crippen molar-refractivity contribution in [1.82, 2.24) is 4.98 Å². The fraction of sp³-hybridized carbons (Fsp3) is 0.200. The quantitative estimate of drug-likeness (QED) is 0.537. The van der Waals surface area contributed by atoms with Crippen LogP contribution in [0.25, 0.3) is 10.9 Å². The van der Waals surface area contributed by atoms with Crippen molar-refractivity contribution in [2.75, 3.05) is 6.26 Å². The number of carbonyl (C=O) groups excluding carboxylic acids is 2. The molecule has 0 aliphatic carbocycles. The van der Waals surface area contributed by atoms with Gasteiger partial charge in [0.25, 0.3) is 0 Å². The van der Waals surface area contributed by atoms with Crippen LogP contribution in [0.1, 0.15) is 33.3 Å². The van der Waals surface area contributed by atoms with Crippen molar-refractivity contribution in [3.8, 4) is 0 Å². The molecule has 3 aromatic rings. The predicted octanol–water partition coefficient (Wildman–Crippen LogP) is 3.31. The number of fused-ring (bicyclic) bond motifs is 1. The van der Waals surface area contributed by atoms with E-state index in [4.69, 9.17) is 4.74 Å². The second-order valence-electron chi connectivity index (χ2n) is 6.35. The average molecular weight is 385 g/mol. The highest BCUT2D eigenvalue weighted by atomic mass is 32.2. The van der Waals surface area contributed by atoms with E-state index in [1.807, 2.05) is 24.3 Å². The Morgan fingerprint density at radius 2 is 1.67 bits per heavy atom. The number of benzene rings is 2. The Morgan fingerprint density at radius 3 is 2.37 bits per heavy atom. The third-order valence-electron chi connectivity index (χ3n) is 4.30. The van der Waals surface area contributed by atoms with E-state index in [9.17, 15) is 18.0 Å². The van der Waals surface area contributed by atoms with Crippen LogP contribution in [0.3, 0.4) is 0 Å². The lowest BCUT2D eigenvalue weighted by Crippen LogP contribution is -2.25. The molecule has 1 atom stereocenters. The van der Waals surface area contributed by atoms with E-state index in [2.05, 4.69) is 4.98 Å². The van der Waals surface area contributed by atoms with Gasteiger partial charge in [-0.2, -0.15) is 0 Å². The first kappa shape index (κ1) is 18.8. The largest absolute Gasteiger partial charge is 0.451 e. The molecule has 6 nitrogen and oxygen atoms in total. The third kappa shape index (κ3) is 3.64. The molecule has 0 amide bonds. The Labute approximate surface area is 157 Å². The van der Waals surface area contributed by atoms with E-state index in [1.54, 1.807) is 13.0 Å². The molecule has 0 aliphatic heterocycles. The molecular formula is C20H19NO5S. The predicted molar refractivity (Wildman–Crippen MR) is 102 cm³/mol. The van der Waals surface area contributed by atoms with Crippen molar-refractivity contribution < 1.29 is 22.7 Å². The van der Waals surface area contributed by atoms with Gasteiger partial charge < -0.3 is 9.72 Å². The van der Waals surface area contributed by atoms with Crippen molar-refractivity contribution in [2.24, 2.45) is 0 Å². The van der Waals surface area contributed by atoms with Gasteiger partial charge in [0.1, 0.15) is 0 Å². The summed E-state index contributed by atoms with van der Waals surface area (Å²) in [6.07, 6.45) is -0.0498. The normalized spacial score (nSPS) is 12.7. The summed E-state index contributed by atoms with van der Waals surface area (Å²) in [4.78, 5) is 28.4. The Bertz CT molecular complexity index is 1140. The highest BCUT2D eigenvalue weighted by molar-refractivity contribution is 7.90. The number of esters is 1. The number of ether oxygens (including phenoxy) is 1. The number of aryl methyl sites for hydroxylation is 1. The molecule has 27 heavy (non-hydrogen) atoms. The van der Waals surface area contributed by atoms with Gasteiger partial charge in [-0.25, -0.2) is 13.2 Å². The zero-order valence-electron chi connectivity index (χ0n) is 15.1. The Kier molecular flexibility index (Phi) is 4.89. The molecule has 0 saturated carbocycles. The van der Waals surface area contributed by atoms with E-state index >= 15 is 0 Å². The van der Waals surface area contributed by atoms with Crippen molar-refractivity contribution in [3.05, 3.63) is 65.4 Å². The SMILES string of the molecule is Cc1[nH]c2ccccc2c1C(=O)[C@H](C)OC(=O)c1ccccc1S(C)(=O)=O. The molecule has 0 bridgehead atoms. The molecule has 0 fully saturated rings. The van der Waals surface area contributed by atoms with Gasteiger partial charge >= 0.3 is 5.97 Å². The second kappa shape index (κ2) is 7.00. The molecule has 0 saturated heterocycles. The number of carbonyl (C=O) groups is 2. The van der Waals surface area contributed by atoms with E-state index < -0.39 is 21.9 Å². The molecule has 1 aromatic heterocycles.